The van der Waals surface area contributed by atoms with Crippen molar-refractivity contribution in [3.05, 3.63) is 59.7 Å². The summed E-state index contributed by atoms with van der Waals surface area (Å²) in [4.78, 5) is 21.4. The number of para-hydroxylation sites is 1. The molecule has 10 nitrogen and oxygen atoms in total. The second kappa shape index (κ2) is 9.82. The van der Waals surface area contributed by atoms with Crippen LogP contribution in [0, 0.1) is 0 Å². The Kier molecular flexibility index (Phi) is 6.85. The fourth-order valence-electron chi connectivity index (χ4n) is 3.88. The minimum Gasteiger partial charge on any atom is -0.505 e. The number of carbonyl (C=O) groups is 1. The Bertz CT molecular complexity index is 1220. The summed E-state index contributed by atoms with van der Waals surface area (Å²) >= 11 is 0. The van der Waals surface area contributed by atoms with Crippen LogP contribution in [0.1, 0.15) is 35.3 Å². The van der Waals surface area contributed by atoms with Crippen LogP contribution in [0.2, 0.25) is 0 Å². The monoisotopic (exact) mass is 484 g/mol. The predicted octanol–water partition coefficient (Wildman–Crippen LogP) is 1.99. The van der Waals surface area contributed by atoms with Gasteiger partial charge in [0.2, 0.25) is 0 Å². The van der Waals surface area contributed by atoms with E-state index in [-0.39, 0.29) is 40.6 Å². The first-order valence-electron chi connectivity index (χ1n) is 11.1. The lowest BCUT2D eigenvalue weighted by Gasteiger charge is -2.32. The first-order chi connectivity index (χ1) is 16.3. The molecule has 2 aliphatic rings. The number of aromatic hydroxyl groups is 1. The van der Waals surface area contributed by atoms with Crippen LogP contribution in [0.25, 0.3) is 0 Å². The molecule has 180 valence electrons. The van der Waals surface area contributed by atoms with Crippen molar-refractivity contribution in [2.24, 2.45) is 9.39 Å². The van der Waals surface area contributed by atoms with Gasteiger partial charge in [0.05, 0.1) is 17.3 Å². The van der Waals surface area contributed by atoms with Gasteiger partial charge >= 0.3 is 10.2 Å². The summed E-state index contributed by atoms with van der Waals surface area (Å²) in [6, 6.07) is 14.0. The van der Waals surface area contributed by atoms with Gasteiger partial charge in [0.25, 0.3) is 5.91 Å². The SMILES string of the molecule is CCC(N=C1NS(=O)(=O)N=C1Nc1cccc(C(=O)N2CCN(C)CC2)c1O)c1ccccc1. The molecular formula is C23H28N6O4S. The van der Waals surface area contributed by atoms with Crippen LogP contribution >= 0.6 is 0 Å². The third kappa shape index (κ3) is 5.20. The molecule has 4 rings (SSSR count). The number of anilines is 1. The van der Waals surface area contributed by atoms with E-state index < -0.39 is 10.2 Å². The summed E-state index contributed by atoms with van der Waals surface area (Å²) in [5.74, 6) is -0.551. The number of hydrogen-bond donors (Lipinski definition) is 3. The van der Waals surface area contributed by atoms with Gasteiger partial charge in [0.1, 0.15) is 0 Å². The van der Waals surface area contributed by atoms with E-state index in [0.29, 0.717) is 19.5 Å². The van der Waals surface area contributed by atoms with Crippen LogP contribution < -0.4 is 10.0 Å². The predicted molar refractivity (Wildman–Crippen MR) is 132 cm³/mol. The second-order valence-corrected chi connectivity index (χ2v) is 9.59. The van der Waals surface area contributed by atoms with Crippen LogP contribution in [0.15, 0.2) is 57.9 Å². The maximum Gasteiger partial charge on any atom is 0.345 e. The van der Waals surface area contributed by atoms with Crippen molar-refractivity contribution in [1.29, 1.82) is 0 Å². The number of nitrogens with zero attached hydrogens (tertiary/aromatic N) is 4. The number of carbonyl (C=O) groups excluding carboxylic acids is 1. The lowest BCUT2D eigenvalue weighted by Crippen LogP contribution is -2.47. The highest BCUT2D eigenvalue weighted by atomic mass is 32.2. The van der Waals surface area contributed by atoms with Gasteiger partial charge in [0, 0.05) is 26.2 Å². The van der Waals surface area contributed by atoms with Gasteiger partial charge in [-0.3, -0.25) is 9.79 Å². The number of amides is 1. The lowest BCUT2D eigenvalue weighted by atomic mass is 10.1. The topological polar surface area (TPSA) is 127 Å². The van der Waals surface area contributed by atoms with E-state index in [2.05, 4.69) is 24.3 Å². The molecular weight excluding hydrogens is 456 g/mol. The first-order valence-corrected chi connectivity index (χ1v) is 12.5. The Morgan fingerprint density at radius 1 is 1.15 bits per heavy atom. The van der Waals surface area contributed by atoms with Crippen LogP contribution in [0.5, 0.6) is 5.75 Å². The van der Waals surface area contributed by atoms with Crippen LogP contribution in [-0.4, -0.2) is 74.1 Å². The molecule has 1 amide bonds. The fraction of sp³-hybridized carbons (Fsp3) is 0.348. The summed E-state index contributed by atoms with van der Waals surface area (Å²) in [6.07, 6.45) is 0.642. The number of rotatable bonds is 5. The summed E-state index contributed by atoms with van der Waals surface area (Å²) in [6.45, 7) is 4.59. The maximum atomic E-state index is 13.0. The number of benzene rings is 2. The number of aliphatic imine (C=N–C) groups is 1. The highest BCUT2D eigenvalue weighted by Gasteiger charge is 2.29. The molecule has 2 aromatic carbocycles. The average Bonchev–Trinajstić information content (AvgIpc) is 3.12. The highest BCUT2D eigenvalue weighted by Crippen LogP contribution is 2.30. The zero-order valence-corrected chi connectivity index (χ0v) is 19.9. The van der Waals surface area contributed by atoms with Crippen molar-refractivity contribution >= 4 is 33.5 Å². The molecule has 0 saturated carbocycles. The molecule has 1 unspecified atom stereocenters. The van der Waals surface area contributed by atoms with E-state index in [1.807, 2.05) is 44.3 Å². The smallest absolute Gasteiger partial charge is 0.345 e. The first kappa shape index (κ1) is 23.7. The van der Waals surface area contributed by atoms with Crippen molar-refractivity contribution in [3.8, 4) is 5.75 Å². The van der Waals surface area contributed by atoms with Gasteiger partial charge in [-0.25, -0.2) is 4.72 Å². The Morgan fingerprint density at radius 3 is 2.53 bits per heavy atom. The molecule has 2 heterocycles. The number of nitrogens with one attached hydrogen (secondary N) is 2. The van der Waals surface area contributed by atoms with Crippen molar-refractivity contribution in [2.45, 2.75) is 19.4 Å². The Balaban J connectivity index is 1.60. The van der Waals surface area contributed by atoms with Crippen LogP contribution in [0.3, 0.4) is 0 Å². The van der Waals surface area contributed by atoms with Crippen molar-refractivity contribution < 1.29 is 18.3 Å². The van der Waals surface area contributed by atoms with Gasteiger partial charge < -0.3 is 20.2 Å². The molecule has 1 fully saturated rings. The van der Waals surface area contributed by atoms with Crippen LogP contribution in [0.4, 0.5) is 5.69 Å². The number of piperazine rings is 1. The second-order valence-electron chi connectivity index (χ2n) is 8.25. The van der Waals surface area contributed by atoms with Gasteiger partial charge in [0.15, 0.2) is 17.4 Å². The Morgan fingerprint density at radius 2 is 1.85 bits per heavy atom. The zero-order chi connectivity index (χ0) is 24.3. The summed E-state index contributed by atoms with van der Waals surface area (Å²) in [5.41, 5.74) is 1.24. The summed E-state index contributed by atoms with van der Waals surface area (Å²) in [5, 5.41) is 13.7. The molecule has 0 spiro atoms. The van der Waals surface area contributed by atoms with E-state index in [1.165, 1.54) is 0 Å². The Hall–Kier alpha value is -3.44. The molecule has 2 aliphatic heterocycles. The van der Waals surface area contributed by atoms with Crippen molar-refractivity contribution in [3.63, 3.8) is 0 Å². The molecule has 0 aromatic heterocycles. The van der Waals surface area contributed by atoms with E-state index in [4.69, 9.17) is 0 Å². The third-order valence-corrected chi connectivity index (χ3v) is 6.70. The zero-order valence-electron chi connectivity index (χ0n) is 19.1. The Labute approximate surface area is 199 Å². The molecule has 1 saturated heterocycles. The maximum absolute atomic E-state index is 13.0. The number of amidine groups is 2. The lowest BCUT2D eigenvalue weighted by molar-refractivity contribution is 0.0661. The van der Waals surface area contributed by atoms with Gasteiger partial charge in [-0.2, -0.15) is 8.42 Å². The average molecular weight is 485 g/mol. The number of phenolic OH excluding ortho intramolecular Hbond substituents is 1. The minimum absolute atomic E-state index is 0.0471. The van der Waals surface area contributed by atoms with Crippen molar-refractivity contribution in [1.82, 2.24) is 14.5 Å². The van der Waals surface area contributed by atoms with E-state index in [1.54, 1.807) is 23.1 Å². The number of phenols is 1. The largest absolute Gasteiger partial charge is 0.505 e. The standard InChI is InChI=1S/C23H28N6O4S/c1-3-18(16-8-5-4-6-9-16)24-21-22(27-34(32,33)26-21)25-19-11-7-10-17(20(19)30)23(31)29-14-12-28(2)13-15-29/h4-11,18,30H,3,12-15H2,1-2H3,(H,24,26)(H,25,27). The highest BCUT2D eigenvalue weighted by molar-refractivity contribution is 7.89. The van der Waals surface area contributed by atoms with E-state index in [9.17, 15) is 18.3 Å². The van der Waals surface area contributed by atoms with Gasteiger partial charge in [-0.1, -0.05) is 43.3 Å². The molecule has 1 atom stereocenters. The molecule has 0 bridgehead atoms. The van der Waals surface area contributed by atoms with E-state index >= 15 is 0 Å². The minimum atomic E-state index is -3.98. The molecule has 0 radical (unpaired) electrons. The third-order valence-electron chi connectivity index (χ3n) is 5.83. The molecule has 34 heavy (non-hydrogen) atoms. The van der Waals surface area contributed by atoms with E-state index in [0.717, 1.165) is 18.7 Å². The van der Waals surface area contributed by atoms with Crippen LogP contribution in [-0.2, 0) is 10.2 Å². The molecule has 3 N–H and O–H groups in total. The fourth-order valence-corrected chi connectivity index (χ4v) is 4.70. The summed E-state index contributed by atoms with van der Waals surface area (Å²) < 4.78 is 30.4. The molecule has 2 aromatic rings. The summed E-state index contributed by atoms with van der Waals surface area (Å²) in [7, 11) is -1.98. The normalized spacial score (nSPS) is 20.0. The molecule has 11 heteroatoms. The number of likely N-dealkylation sites (N-methyl/N-ethyl adjacent to an activating group) is 1. The van der Waals surface area contributed by atoms with Gasteiger partial charge in [-0.15, -0.1) is 4.40 Å². The number of hydrogen-bond acceptors (Lipinski definition) is 7. The van der Waals surface area contributed by atoms with Gasteiger partial charge in [-0.05, 0) is 31.2 Å². The molecule has 0 aliphatic carbocycles. The quantitative estimate of drug-likeness (QED) is 0.557. The van der Waals surface area contributed by atoms with Crippen molar-refractivity contribution in [2.75, 3.05) is 38.5 Å².